The lowest BCUT2D eigenvalue weighted by atomic mass is 9.87. The number of carbonyl (C=O) groups excluding carboxylic acids is 1. The van der Waals surface area contributed by atoms with E-state index in [2.05, 4.69) is 37.7 Å². The maximum atomic E-state index is 13.5. The van der Waals surface area contributed by atoms with Crippen LogP contribution in [-0.2, 0) is 10.2 Å². The van der Waals surface area contributed by atoms with Gasteiger partial charge in [-0.2, -0.15) is 4.98 Å². The van der Waals surface area contributed by atoms with Crippen molar-refractivity contribution in [2.75, 3.05) is 56.5 Å². The lowest BCUT2D eigenvalue weighted by Gasteiger charge is -2.34. The van der Waals surface area contributed by atoms with Gasteiger partial charge in [0.1, 0.15) is 5.82 Å². The Bertz CT molecular complexity index is 1030. The number of piperidine rings is 1. The molecule has 1 amide bonds. The highest BCUT2D eigenvalue weighted by atomic mass is 32.2. The lowest BCUT2D eigenvalue weighted by molar-refractivity contribution is -0.120. The fraction of sp³-hybridized carbons (Fsp3) is 0.815. The standard InChI is InChI=1S/C27H41N7OS/c1-19-4-3-5-22(19)34-23-21(27(8-9-27)24(34)35)16-28-25(30-23)29-20-6-12-32(13-7-20)36-33-15-11-26(18-33)10-14-31(2)17-26/h16,19-20,22H,3-15,17-18H2,1-2H3,(H,28,29,30). The Morgan fingerprint density at radius 3 is 2.50 bits per heavy atom. The lowest BCUT2D eigenvalue weighted by Crippen LogP contribution is -2.42. The fourth-order valence-electron chi connectivity index (χ4n) is 7.71. The first-order valence-electron chi connectivity index (χ1n) is 14.3. The van der Waals surface area contributed by atoms with Gasteiger partial charge in [-0.25, -0.2) is 13.6 Å². The fourth-order valence-corrected chi connectivity index (χ4v) is 8.92. The van der Waals surface area contributed by atoms with E-state index in [9.17, 15) is 4.79 Å². The molecule has 1 aromatic rings. The van der Waals surface area contributed by atoms with E-state index in [1.165, 1.54) is 51.9 Å². The second-order valence-electron chi connectivity index (χ2n) is 12.7. The number of nitrogens with one attached hydrogen (secondary N) is 1. The molecule has 0 radical (unpaired) electrons. The summed E-state index contributed by atoms with van der Waals surface area (Å²) >= 11 is 1.98. The Morgan fingerprint density at radius 2 is 1.81 bits per heavy atom. The molecular formula is C27H41N7OS. The minimum Gasteiger partial charge on any atom is -0.351 e. The van der Waals surface area contributed by atoms with Gasteiger partial charge in [-0.15, -0.1) is 0 Å². The molecule has 5 heterocycles. The predicted octanol–water partition coefficient (Wildman–Crippen LogP) is 3.51. The summed E-state index contributed by atoms with van der Waals surface area (Å²) in [4.78, 5) is 27.8. The van der Waals surface area contributed by atoms with Crippen LogP contribution in [0.2, 0.25) is 0 Å². The Hall–Kier alpha value is -1.42. The van der Waals surface area contributed by atoms with Crippen LogP contribution in [0.15, 0.2) is 6.20 Å². The van der Waals surface area contributed by atoms with Gasteiger partial charge >= 0.3 is 0 Å². The molecule has 0 aromatic carbocycles. The summed E-state index contributed by atoms with van der Waals surface area (Å²) in [7, 11) is 2.27. The number of nitrogens with zero attached hydrogens (tertiary/aromatic N) is 6. The van der Waals surface area contributed by atoms with Crippen LogP contribution >= 0.6 is 12.1 Å². The van der Waals surface area contributed by atoms with Crippen molar-refractivity contribution in [1.82, 2.24) is 23.5 Å². The topological polar surface area (TPSA) is 67.8 Å². The second-order valence-corrected chi connectivity index (χ2v) is 13.9. The highest BCUT2D eigenvalue weighted by molar-refractivity contribution is 7.94. The van der Waals surface area contributed by atoms with Crippen LogP contribution in [0.4, 0.5) is 11.8 Å². The zero-order valence-electron chi connectivity index (χ0n) is 21.9. The molecule has 8 nitrogen and oxygen atoms in total. The maximum Gasteiger partial charge on any atom is 0.239 e. The summed E-state index contributed by atoms with van der Waals surface area (Å²) in [5, 5.41) is 3.64. The van der Waals surface area contributed by atoms with Crippen LogP contribution in [0, 0.1) is 11.3 Å². The number of likely N-dealkylation sites (tertiary alicyclic amines) is 1. The molecule has 1 N–H and O–H groups in total. The molecule has 196 valence electrons. The summed E-state index contributed by atoms with van der Waals surface area (Å²) in [6.45, 7) is 9.44. The first kappa shape index (κ1) is 23.7. The van der Waals surface area contributed by atoms with Gasteiger partial charge in [-0.1, -0.05) is 13.3 Å². The molecule has 9 heteroatoms. The largest absolute Gasteiger partial charge is 0.351 e. The molecule has 4 aliphatic heterocycles. The van der Waals surface area contributed by atoms with Crippen molar-refractivity contribution in [3.05, 3.63) is 11.8 Å². The van der Waals surface area contributed by atoms with Gasteiger partial charge in [0, 0.05) is 68.7 Å². The molecule has 6 aliphatic rings. The summed E-state index contributed by atoms with van der Waals surface area (Å²) in [6, 6.07) is 0.688. The van der Waals surface area contributed by atoms with E-state index in [0.29, 0.717) is 35.3 Å². The number of rotatable bonds is 5. The minimum absolute atomic E-state index is 0.293. The molecule has 7 rings (SSSR count). The predicted molar refractivity (Wildman–Crippen MR) is 144 cm³/mol. The molecule has 1 aromatic heterocycles. The number of anilines is 2. The molecule has 3 unspecified atom stereocenters. The minimum atomic E-state index is -0.305. The van der Waals surface area contributed by atoms with E-state index in [1.54, 1.807) is 0 Å². The van der Waals surface area contributed by atoms with Gasteiger partial charge < -0.3 is 10.2 Å². The van der Waals surface area contributed by atoms with Gasteiger partial charge in [0.05, 0.1) is 5.41 Å². The molecule has 2 aliphatic carbocycles. The van der Waals surface area contributed by atoms with Gasteiger partial charge in [0.25, 0.3) is 0 Å². The van der Waals surface area contributed by atoms with Crippen molar-refractivity contribution < 1.29 is 4.79 Å². The molecule has 2 saturated carbocycles. The van der Waals surface area contributed by atoms with Crippen molar-refractivity contribution in [1.29, 1.82) is 0 Å². The molecule has 3 atom stereocenters. The third kappa shape index (κ3) is 3.96. The second kappa shape index (κ2) is 8.82. The van der Waals surface area contributed by atoms with Crippen LogP contribution in [0.1, 0.15) is 70.3 Å². The van der Waals surface area contributed by atoms with E-state index < -0.39 is 0 Å². The highest BCUT2D eigenvalue weighted by Crippen LogP contribution is 2.58. The Kier molecular flexibility index (Phi) is 5.80. The van der Waals surface area contributed by atoms with E-state index in [4.69, 9.17) is 9.97 Å². The van der Waals surface area contributed by atoms with E-state index in [0.717, 1.165) is 56.6 Å². The number of fused-ring (bicyclic) bond motifs is 2. The highest BCUT2D eigenvalue weighted by Gasteiger charge is 2.62. The number of amides is 1. The van der Waals surface area contributed by atoms with Crippen LogP contribution in [0.25, 0.3) is 0 Å². The van der Waals surface area contributed by atoms with Gasteiger partial charge in [0.2, 0.25) is 11.9 Å². The molecular weight excluding hydrogens is 470 g/mol. The molecule has 2 spiro atoms. The molecule has 5 fully saturated rings. The molecule has 3 saturated heterocycles. The first-order valence-corrected chi connectivity index (χ1v) is 15.0. The Balaban J connectivity index is 0.972. The third-order valence-corrected chi connectivity index (χ3v) is 11.2. The van der Waals surface area contributed by atoms with Gasteiger partial charge in [-0.05, 0) is 76.3 Å². The third-order valence-electron chi connectivity index (χ3n) is 10.1. The number of hydrogen-bond donors (Lipinski definition) is 1. The Morgan fingerprint density at radius 1 is 1.00 bits per heavy atom. The van der Waals surface area contributed by atoms with Crippen LogP contribution in [0.5, 0.6) is 0 Å². The van der Waals surface area contributed by atoms with Gasteiger partial charge in [-0.3, -0.25) is 9.69 Å². The number of aromatic nitrogens is 2. The smallest absolute Gasteiger partial charge is 0.239 e. The average molecular weight is 512 g/mol. The van der Waals surface area contributed by atoms with E-state index >= 15 is 0 Å². The first-order chi connectivity index (χ1) is 17.4. The maximum absolute atomic E-state index is 13.5. The normalized spacial score (nSPS) is 34.9. The average Bonchev–Trinajstić information content (AvgIpc) is 3.07. The summed E-state index contributed by atoms with van der Waals surface area (Å²) in [5.74, 6) is 2.44. The quantitative estimate of drug-likeness (QED) is 0.603. The number of carbonyl (C=O) groups is 1. The van der Waals surface area contributed by atoms with Crippen molar-refractivity contribution >= 4 is 29.8 Å². The van der Waals surface area contributed by atoms with Crippen LogP contribution in [0.3, 0.4) is 0 Å². The number of hydrogen-bond acceptors (Lipinski definition) is 8. The zero-order chi connectivity index (χ0) is 24.5. The van der Waals surface area contributed by atoms with Gasteiger partial charge in [0.15, 0.2) is 0 Å². The summed E-state index contributed by atoms with van der Waals surface area (Å²) in [5.41, 5.74) is 1.32. The Labute approximate surface area is 219 Å². The summed E-state index contributed by atoms with van der Waals surface area (Å²) in [6.07, 6.45) is 12.3. The molecule has 36 heavy (non-hydrogen) atoms. The van der Waals surface area contributed by atoms with Crippen LogP contribution < -0.4 is 10.2 Å². The van der Waals surface area contributed by atoms with Crippen molar-refractivity contribution in [3.63, 3.8) is 0 Å². The van der Waals surface area contributed by atoms with E-state index in [1.807, 2.05) is 18.3 Å². The SMILES string of the molecule is CC1CCCC1N1C(=O)C2(CC2)c2cnc(NC3CCN(SN4CCC5(CCN(C)C5)C4)CC3)nc21. The summed E-state index contributed by atoms with van der Waals surface area (Å²) < 4.78 is 5.16. The van der Waals surface area contributed by atoms with E-state index in [-0.39, 0.29) is 5.41 Å². The molecule has 0 bridgehead atoms. The monoisotopic (exact) mass is 511 g/mol. The van der Waals surface area contributed by atoms with Crippen LogP contribution in [-0.4, -0.2) is 87.8 Å². The zero-order valence-corrected chi connectivity index (χ0v) is 22.7. The van der Waals surface area contributed by atoms with Crippen molar-refractivity contribution in [3.8, 4) is 0 Å². The van der Waals surface area contributed by atoms with Crippen molar-refractivity contribution in [2.24, 2.45) is 11.3 Å². The van der Waals surface area contributed by atoms with Crippen molar-refractivity contribution in [2.45, 2.75) is 82.2 Å².